The summed E-state index contributed by atoms with van der Waals surface area (Å²) in [6, 6.07) is 3.04. The van der Waals surface area contributed by atoms with Gasteiger partial charge in [0.1, 0.15) is 6.10 Å². The summed E-state index contributed by atoms with van der Waals surface area (Å²) >= 11 is 0. The molecule has 1 aromatic carbocycles. The lowest BCUT2D eigenvalue weighted by Gasteiger charge is -2.50. The van der Waals surface area contributed by atoms with Crippen LogP contribution in [0.5, 0.6) is 0 Å². The number of ether oxygens (including phenoxy) is 1. The van der Waals surface area contributed by atoms with Gasteiger partial charge in [-0.25, -0.2) is 4.79 Å². The fraction of sp³-hybridized carbons (Fsp3) is 0.735. The molecule has 6 rings (SSSR count). The molecule has 0 aliphatic heterocycles. The first kappa shape index (κ1) is 29.3. The van der Waals surface area contributed by atoms with Gasteiger partial charge in [0.2, 0.25) is 0 Å². The largest absolute Gasteiger partial charge is 0.459 e. The highest BCUT2D eigenvalue weighted by Gasteiger charge is 2.80. The molecule has 0 N–H and O–H groups in total. The number of esters is 1. The number of carbonyl (C=O) groups excluding carboxylic acids is 1. The molecule has 0 saturated heterocycles. The van der Waals surface area contributed by atoms with Crippen LogP contribution >= 0.6 is 0 Å². The zero-order valence-electron chi connectivity index (χ0n) is 25.8. The Morgan fingerprint density at radius 3 is 2.29 bits per heavy atom. The van der Waals surface area contributed by atoms with Crippen LogP contribution in [0, 0.1) is 72.0 Å². The molecular weight excluding hydrogens is 532 g/mol. The predicted octanol–water partition coefficient (Wildman–Crippen LogP) is 8.68. The molecule has 4 saturated carbocycles. The highest BCUT2D eigenvalue weighted by Crippen LogP contribution is 2.86. The molecule has 5 aliphatic carbocycles. The average Bonchev–Trinajstić information content (AvgIpc) is 3.16. The maximum atomic E-state index is 13.2. The minimum absolute atomic E-state index is 0.127. The highest BCUT2D eigenvalue weighted by molar-refractivity contribution is 5.91. The molecule has 1 spiro atoms. The van der Waals surface area contributed by atoms with E-state index in [9.17, 15) is 25.0 Å². The van der Waals surface area contributed by atoms with Gasteiger partial charge in [0, 0.05) is 12.1 Å². The fourth-order valence-electron chi connectivity index (χ4n) is 10.9. The number of hydrogen-bond acceptors (Lipinski definition) is 6. The SMILES string of the molecule is CC(C)CCC[C@@H](C)[C@H]1CC[C@H]2C3=C[C@@H]4[C@@]5(C[C@@H](OC(=O)c6cc([N+](=O)[O-])cc([N+](=O)[O-])c6)CC[C@]45C)[C@H]3CC[C@]12C. The lowest BCUT2D eigenvalue weighted by Crippen LogP contribution is -2.43. The average molecular weight is 579 g/mol. The van der Waals surface area contributed by atoms with Crippen molar-refractivity contribution in [1.29, 1.82) is 0 Å². The first-order chi connectivity index (χ1) is 19.8. The van der Waals surface area contributed by atoms with E-state index >= 15 is 0 Å². The Bertz CT molecular complexity index is 1310. The predicted molar refractivity (Wildman–Crippen MR) is 160 cm³/mol. The van der Waals surface area contributed by atoms with Gasteiger partial charge in [-0.2, -0.15) is 0 Å². The fourth-order valence-corrected chi connectivity index (χ4v) is 10.9. The van der Waals surface area contributed by atoms with Gasteiger partial charge in [-0.1, -0.05) is 65.5 Å². The van der Waals surface area contributed by atoms with Crippen molar-refractivity contribution < 1.29 is 19.4 Å². The molecule has 42 heavy (non-hydrogen) atoms. The maximum Gasteiger partial charge on any atom is 0.338 e. The van der Waals surface area contributed by atoms with Gasteiger partial charge in [0.25, 0.3) is 11.4 Å². The molecular formula is C34H46N2O6. The van der Waals surface area contributed by atoms with Crippen molar-refractivity contribution in [2.24, 2.45) is 51.8 Å². The number of nitrogens with zero attached hydrogens (tertiary/aromatic N) is 2. The van der Waals surface area contributed by atoms with Crippen LogP contribution in [0.4, 0.5) is 11.4 Å². The number of nitro groups is 2. The minimum Gasteiger partial charge on any atom is -0.459 e. The van der Waals surface area contributed by atoms with Crippen molar-refractivity contribution in [2.45, 2.75) is 105 Å². The van der Waals surface area contributed by atoms with Crippen LogP contribution in [0.15, 0.2) is 29.8 Å². The smallest absolute Gasteiger partial charge is 0.338 e. The Hall–Kier alpha value is -2.77. The van der Waals surface area contributed by atoms with Gasteiger partial charge >= 0.3 is 5.97 Å². The summed E-state index contributed by atoms with van der Waals surface area (Å²) in [5, 5.41) is 22.7. The van der Waals surface area contributed by atoms with Crippen LogP contribution in [-0.2, 0) is 4.74 Å². The molecule has 0 aromatic heterocycles. The van der Waals surface area contributed by atoms with E-state index in [1.165, 1.54) is 44.9 Å². The van der Waals surface area contributed by atoms with Crippen molar-refractivity contribution in [3.63, 3.8) is 0 Å². The Balaban J connectivity index is 1.17. The second-order valence-electron chi connectivity index (χ2n) is 15.3. The first-order valence-electron chi connectivity index (χ1n) is 16.2. The zero-order valence-corrected chi connectivity index (χ0v) is 25.8. The van der Waals surface area contributed by atoms with Crippen molar-refractivity contribution in [2.75, 3.05) is 0 Å². The molecule has 0 bridgehead atoms. The van der Waals surface area contributed by atoms with Gasteiger partial charge in [-0.05, 0) is 96.7 Å². The second kappa shape index (κ2) is 10.2. The van der Waals surface area contributed by atoms with E-state index in [4.69, 9.17) is 4.74 Å². The topological polar surface area (TPSA) is 113 Å². The number of non-ortho nitro benzene ring substituents is 2. The third-order valence-corrected chi connectivity index (χ3v) is 12.9. The van der Waals surface area contributed by atoms with E-state index in [1.54, 1.807) is 5.57 Å². The molecule has 228 valence electrons. The second-order valence-corrected chi connectivity index (χ2v) is 15.3. The summed E-state index contributed by atoms with van der Waals surface area (Å²) in [5.41, 5.74) is 1.35. The van der Waals surface area contributed by atoms with E-state index < -0.39 is 27.2 Å². The Labute approximate surface area is 249 Å². The number of rotatable bonds is 9. The Morgan fingerprint density at radius 2 is 1.64 bits per heavy atom. The lowest BCUT2D eigenvalue weighted by atomic mass is 9.55. The number of fused-ring (bicyclic) bond motifs is 4. The standard InChI is InChI=1S/C34H46N2O6/c1-20(2)7-6-8-21(3)27-9-10-28-26-18-30-33(5)14-11-25(19-34(30,33)29(26)12-13-32(27,28)4)42-31(37)22-15-23(35(38)39)17-24(16-22)36(40)41/h15-18,20-21,25,27-30H,6-14,19H2,1-5H3/t21-,25+,27-,28+,29+,30+,32-,33-,34-/m1/s1. The number of nitro benzene ring substituents is 2. The molecule has 0 heterocycles. The third-order valence-electron chi connectivity index (χ3n) is 12.9. The van der Waals surface area contributed by atoms with Crippen LogP contribution in [0.3, 0.4) is 0 Å². The van der Waals surface area contributed by atoms with Crippen molar-refractivity contribution in [3.8, 4) is 0 Å². The highest BCUT2D eigenvalue weighted by atomic mass is 16.6. The van der Waals surface area contributed by atoms with Gasteiger partial charge < -0.3 is 4.74 Å². The first-order valence-corrected chi connectivity index (χ1v) is 16.2. The summed E-state index contributed by atoms with van der Waals surface area (Å²) in [6.07, 6.45) is 14.0. The van der Waals surface area contributed by atoms with Gasteiger partial charge in [-0.15, -0.1) is 0 Å². The molecule has 8 nitrogen and oxygen atoms in total. The van der Waals surface area contributed by atoms with Gasteiger partial charge in [-0.3, -0.25) is 20.2 Å². The summed E-state index contributed by atoms with van der Waals surface area (Å²) in [7, 11) is 0. The monoisotopic (exact) mass is 578 g/mol. The van der Waals surface area contributed by atoms with E-state index in [0.717, 1.165) is 55.2 Å². The number of benzene rings is 1. The minimum atomic E-state index is -0.716. The lowest BCUT2D eigenvalue weighted by molar-refractivity contribution is -0.394. The quantitative estimate of drug-likeness (QED) is 0.125. The molecule has 0 amide bonds. The van der Waals surface area contributed by atoms with Crippen LogP contribution in [-0.4, -0.2) is 21.9 Å². The van der Waals surface area contributed by atoms with E-state index in [0.29, 0.717) is 23.2 Å². The van der Waals surface area contributed by atoms with Gasteiger partial charge in [0.05, 0.1) is 21.5 Å². The van der Waals surface area contributed by atoms with E-state index in [2.05, 4.69) is 40.7 Å². The summed E-state index contributed by atoms with van der Waals surface area (Å²) in [6.45, 7) is 12.1. The van der Waals surface area contributed by atoms with Crippen LogP contribution in [0.25, 0.3) is 0 Å². The van der Waals surface area contributed by atoms with Crippen LogP contribution in [0.1, 0.15) is 109 Å². The maximum absolute atomic E-state index is 13.2. The van der Waals surface area contributed by atoms with Crippen LogP contribution < -0.4 is 0 Å². The molecule has 0 radical (unpaired) electrons. The summed E-state index contributed by atoms with van der Waals surface area (Å²) in [4.78, 5) is 34.4. The molecule has 1 aromatic rings. The third kappa shape index (κ3) is 4.33. The molecule has 5 aliphatic rings. The number of carbonyl (C=O) groups is 1. The van der Waals surface area contributed by atoms with E-state index in [1.807, 2.05) is 0 Å². The number of allylic oxidation sites excluding steroid dienone is 2. The van der Waals surface area contributed by atoms with Crippen molar-refractivity contribution in [3.05, 3.63) is 55.6 Å². The summed E-state index contributed by atoms with van der Waals surface area (Å²) < 4.78 is 5.97. The molecule has 9 atom stereocenters. The van der Waals surface area contributed by atoms with Crippen molar-refractivity contribution in [1.82, 2.24) is 0 Å². The van der Waals surface area contributed by atoms with Crippen LogP contribution in [0.2, 0.25) is 0 Å². The molecule has 0 unspecified atom stereocenters. The summed E-state index contributed by atoms with van der Waals surface area (Å²) in [5.74, 6) is 3.34. The van der Waals surface area contributed by atoms with E-state index in [-0.39, 0.29) is 22.5 Å². The number of hydrogen-bond donors (Lipinski definition) is 0. The van der Waals surface area contributed by atoms with Crippen molar-refractivity contribution >= 4 is 17.3 Å². The Morgan fingerprint density at radius 1 is 0.952 bits per heavy atom. The normalized spacial score (nSPS) is 38.5. The molecule has 8 heteroatoms. The van der Waals surface area contributed by atoms with Gasteiger partial charge in [0.15, 0.2) is 0 Å². The zero-order chi connectivity index (χ0) is 30.2. The molecule has 4 fully saturated rings. The Kier molecular flexibility index (Phi) is 7.09.